The molecule has 0 aromatic heterocycles. The van der Waals surface area contributed by atoms with Crippen molar-refractivity contribution >= 4 is 11.6 Å². The van der Waals surface area contributed by atoms with Crippen LogP contribution in [0.3, 0.4) is 0 Å². The summed E-state index contributed by atoms with van der Waals surface area (Å²) in [6.45, 7) is 20.1. The quantitative estimate of drug-likeness (QED) is 0.168. The van der Waals surface area contributed by atoms with E-state index in [9.17, 15) is 0 Å². The maximum absolute atomic E-state index is 8.18. The third-order valence-electron chi connectivity index (χ3n) is 6.67. The van der Waals surface area contributed by atoms with Crippen molar-refractivity contribution in [2.24, 2.45) is 10.8 Å². The number of nitrogens with two attached hydrogens (primary N) is 1. The van der Waals surface area contributed by atoms with E-state index in [-0.39, 0.29) is 0 Å². The van der Waals surface area contributed by atoms with E-state index >= 15 is 0 Å². The molecule has 2 N–H and O–H groups in total. The van der Waals surface area contributed by atoms with Crippen LogP contribution in [0.15, 0.2) is 41.5 Å². The minimum Gasteiger partial charge on any atom is -0.326 e. The van der Waals surface area contributed by atoms with Gasteiger partial charge in [0.25, 0.3) is 0 Å². The topological polar surface area (TPSA) is 74.8 Å². The van der Waals surface area contributed by atoms with Gasteiger partial charge < -0.3 is 5.73 Å². The van der Waals surface area contributed by atoms with Gasteiger partial charge in [-0.2, -0.15) is 0 Å². The SMILES string of the molecule is Cc1cc(CCl)cc(C)c1C.Cc1cc(CN)cc(C)c1C.Cc1cc(CN=[N+]=[N-])cc(C)c1C. The van der Waals surface area contributed by atoms with Gasteiger partial charge in [-0.3, -0.25) is 0 Å². The fraction of sp³-hybridized carbons (Fsp3) is 0.400. The Morgan fingerprint density at radius 1 is 0.629 bits per heavy atom. The Kier molecular flexibility index (Phi) is 12.6. The van der Waals surface area contributed by atoms with Gasteiger partial charge in [0.15, 0.2) is 0 Å². The summed E-state index contributed by atoms with van der Waals surface area (Å²) in [6, 6.07) is 12.7. The summed E-state index contributed by atoms with van der Waals surface area (Å²) in [5.41, 5.74) is 29.2. The molecule has 0 unspecified atom stereocenters. The van der Waals surface area contributed by atoms with E-state index in [0.717, 1.165) is 5.56 Å². The fourth-order valence-electron chi connectivity index (χ4n) is 3.78. The van der Waals surface area contributed by atoms with Crippen molar-refractivity contribution in [3.05, 3.63) is 114 Å². The minimum absolute atomic E-state index is 0.443. The third-order valence-corrected chi connectivity index (χ3v) is 6.98. The molecule has 0 saturated carbocycles. The Bertz CT molecular complexity index is 1060. The van der Waals surface area contributed by atoms with Gasteiger partial charge >= 0.3 is 0 Å². The second-order valence-corrected chi connectivity index (χ2v) is 9.56. The molecule has 0 amide bonds. The summed E-state index contributed by atoms with van der Waals surface area (Å²) >= 11 is 5.72. The zero-order chi connectivity index (χ0) is 26.7. The van der Waals surface area contributed by atoms with Crippen LogP contribution in [-0.2, 0) is 19.0 Å². The maximum Gasteiger partial charge on any atom is 0.0511 e. The highest BCUT2D eigenvalue weighted by molar-refractivity contribution is 6.17. The van der Waals surface area contributed by atoms with E-state index < -0.39 is 0 Å². The van der Waals surface area contributed by atoms with E-state index in [1.807, 2.05) is 0 Å². The first-order valence-corrected chi connectivity index (χ1v) is 12.5. The average Bonchev–Trinajstić information content (AvgIpc) is 2.83. The summed E-state index contributed by atoms with van der Waals surface area (Å²) in [7, 11) is 0. The monoisotopic (exact) mass is 492 g/mol. The number of halogens is 1. The molecule has 5 heteroatoms. The van der Waals surface area contributed by atoms with Crippen molar-refractivity contribution in [3.63, 3.8) is 0 Å². The smallest absolute Gasteiger partial charge is 0.0511 e. The van der Waals surface area contributed by atoms with Crippen LogP contribution >= 0.6 is 11.6 Å². The van der Waals surface area contributed by atoms with Gasteiger partial charge in [0.2, 0.25) is 0 Å². The molecule has 0 bridgehead atoms. The second-order valence-electron chi connectivity index (χ2n) is 9.29. The molecule has 0 aliphatic carbocycles. The molecule has 3 aromatic rings. The number of hydrogen-bond donors (Lipinski definition) is 1. The van der Waals surface area contributed by atoms with Crippen molar-refractivity contribution in [1.29, 1.82) is 0 Å². The molecule has 0 atom stereocenters. The van der Waals surface area contributed by atoms with Crippen molar-refractivity contribution in [2.75, 3.05) is 0 Å². The molecule has 0 radical (unpaired) electrons. The van der Waals surface area contributed by atoms with Gasteiger partial charge in [-0.15, -0.1) is 11.6 Å². The molecule has 0 fully saturated rings. The first-order chi connectivity index (χ1) is 16.4. The lowest BCUT2D eigenvalue weighted by molar-refractivity contribution is 1.03. The molecule has 0 aliphatic heterocycles. The lowest BCUT2D eigenvalue weighted by Crippen LogP contribution is -1.98. The first-order valence-electron chi connectivity index (χ1n) is 11.9. The van der Waals surface area contributed by atoms with E-state index in [0.29, 0.717) is 19.0 Å². The number of nitrogens with zero attached hydrogens (tertiary/aromatic N) is 3. The zero-order valence-corrected chi connectivity index (χ0v) is 23.6. The van der Waals surface area contributed by atoms with Crippen LogP contribution < -0.4 is 5.73 Å². The summed E-state index contributed by atoms with van der Waals surface area (Å²) in [4.78, 5) is 2.74. The first kappa shape index (κ1) is 30.3. The Labute approximate surface area is 217 Å². The van der Waals surface area contributed by atoms with Gasteiger partial charge in [-0.1, -0.05) is 41.5 Å². The summed E-state index contributed by atoms with van der Waals surface area (Å²) in [5.74, 6) is 0.613. The van der Waals surface area contributed by atoms with Crippen LogP contribution in [0.4, 0.5) is 0 Å². The van der Waals surface area contributed by atoms with Gasteiger partial charge in [-0.05, 0) is 135 Å². The summed E-state index contributed by atoms with van der Waals surface area (Å²) < 4.78 is 0. The number of hydrogen-bond acceptors (Lipinski definition) is 2. The van der Waals surface area contributed by atoms with Crippen LogP contribution in [0, 0.1) is 62.3 Å². The molecule has 3 aromatic carbocycles. The van der Waals surface area contributed by atoms with Crippen molar-refractivity contribution in [2.45, 2.75) is 81.3 Å². The number of rotatable bonds is 4. The lowest BCUT2D eigenvalue weighted by Gasteiger charge is -2.06. The molecule has 0 saturated heterocycles. The predicted molar refractivity (Wildman–Crippen MR) is 152 cm³/mol. The predicted octanol–water partition coefficient (Wildman–Crippen LogP) is 8.84. The van der Waals surface area contributed by atoms with Crippen molar-refractivity contribution in [3.8, 4) is 0 Å². The molecular weight excluding hydrogens is 452 g/mol. The van der Waals surface area contributed by atoms with Crippen LogP contribution in [-0.4, -0.2) is 0 Å². The normalized spacial score (nSPS) is 9.91. The number of aryl methyl sites for hydroxylation is 6. The van der Waals surface area contributed by atoms with Gasteiger partial charge in [0.05, 0.1) is 6.54 Å². The van der Waals surface area contributed by atoms with Crippen molar-refractivity contribution < 1.29 is 0 Å². The van der Waals surface area contributed by atoms with Crippen LogP contribution in [0.25, 0.3) is 10.4 Å². The van der Waals surface area contributed by atoms with E-state index in [4.69, 9.17) is 22.9 Å². The molecule has 0 spiro atoms. The van der Waals surface area contributed by atoms with Crippen molar-refractivity contribution in [1.82, 2.24) is 0 Å². The maximum atomic E-state index is 8.18. The molecule has 0 heterocycles. The number of alkyl halides is 1. The molecule has 4 nitrogen and oxygen atoms in total. The molecule has 188 valence electrons. The van der Waals surface area contributed by atoms with Crippen LogP contribution in [0.5, 0.6) is 0 Å². The highest BCUT2D eigenvalue weighted by Crippen LogP contribution is 2.17. The summed E-state index contributed by atoms with van der Waals surface area (Å²) in [5, 5.41) is 3.53. The second kappa shape index (κ2) is 14.6. The molecular formula is C30H41ClN4. The summed E-state index contributed by atoms with van der Waals surface area (Å²) in [6.07, 6.45) is 0. The lowest BCUT2D eigenvalue weighted by atomic mass is 10.0. The molecule has 0 aliphatic rings. The zero-order valence-electron chi connectivity index (χ0n) is 22.9. The van der Waals surface area contributed by atoms with Gasteiger partial charge in [0, 0.05) is 17.3 Å². The Balaban J connectivity index is 0.000000264. The minimum atomic E-state index is 0.443. The largest absolute Gasteiger partial charge is 0.326 e. The number of benzene rings is 3. The highest BCUT2D eigenvalue weighted by Gasteiger charge is 2.00. The Morgan fingerprint density at radius 3 is 1.23 bits per heavy atom. The van der Waals surface area contributed by atoms with Crippen LogP contribution in [0.1, 0.15) is 66.8 Å². The fourth-order valence-corrected chi connectivity index (χ4v) is 3.93. The van der Waals surface area contributed by atoms with Gasteiger partial charge in [0.1, 0.15) is 0 Å². The van der Waals surface area contributed by atoms with Gasteiger partial charge in [-0.25, -0.2) is 0 Å². The Morgan fingerprint density at radius 2 is 0.943 bits per heavy atom. The molecule has 35 heavy (non-hydrogen) atoms. The molecule has 3 rings (SSSR count). The van der Waals surface area contributed by atoms with E-state index in [2.05, 4.69) is 109 Å². The van der Waals surface area contributed by atoms with E-state index in [1.165, 1.54) is 61.2 Å². The third kappa shape index (κ3) is 9.41. The van der Waals surface area contributed by atoms with E-state index in [1.54, 1.807) is 0 Å². The standard InChI is InChI=1S/C10H13Cl.C10H13N3.C10H15N/c1-7-4-10(6-11)5-8(2)9(7)3;1-7-4-10(6-12-13-11)5-8(2)9(7)3;1-7-4-10(6-11)5-8(2)9(7)3/h4-5H,6H2,1-3H3;4-5H,6H2,1-3H3;4-5H,6,11H2,1-3H3. The average molecular weight is 493 g/mol. The van der Waals surface area contributed by atoms with Crippen LogP contribution in [0.2, 0.25) is 0 Å². The Hall–Kier alpha value is -2.78. The number of azide groups is 1. The highest BCUT2D eigenvalue weighted by atomic mass is 35.5.